The number of ether oxygens (including phenoxy) is 1. The van der Waals surface area contributed by atoms with Gasteiger partial charge in [0, 0.05) is 12.5 Å². The number of esters is 1. The summed E-state index contributed by atoms with van der Waals surface area (Å²) >= 11 is 1.34. The number of fused-ring (bicyclic) bond motifs is 1. The Balaban J connectivity index is 1.57. The molecule has 0 aliphatic heterocycles. The highest BCUT2D eigenvalue weighted by Gasteiger charge is 2.12. The van der Waals surface area contributed by atoms with E-state index < -0.39 is 6.08 Å². The maximum atomic E-state index is 13.9. The molecule has 146 valence electrons. The second-order valence-electron chi connectivity index (χ2n) is 6.22. The van der Waals surface area contributed by atoms with Crippen molar-refractivity contribution in [2.75, 3.05) is 11.9 Å². The second kappa shape index (κ2) is 8.32. The van der Waals surface area contributed by atoms with Crippen LogP contribution in [0.3, 0.4) is 0 Å². The zero-order chi connectivity index (χ0) is 20.2. The highest BCUT2D eigenvalue weighted by Crippen LogP contribution is 2.29. The van der Waals surface area contributed by atoms with Gasteiger partial charge in [-0.05, 0) is 30.7 Å². The lowest BCUT2D eigenvalue weighted by Gasteiger charge is -2.05. The molecule has 2 aromatic carbocycles. The molecule has 1 N–H and O–H groups in total. The molecule has 4 aromatic rings. The fourth-order valence-electron chi connectivity index (χ4n) is 2.85. The number of anilines is 2. The number of rotatable bonds is 6. The highest BCUT2D eigenvalue weighted by atomic mass is 32.1. The molecule has 0 bridgehead atoms. The number of thiazole rings is 1. The van der Waals surface area contributed by atoms with Crippen molar-refractivity contribution in [1.29, 1.82) is 0 Å². The standard InChI is InChI=1S/C21H17FN4O2S/c1-2-28-19(27)14-8-9-16-17(11-14)29-21(24-16)26-18-12-15(23-20(22)25-18)10-13-6-4-3-5-7-13/h3-9,11-12H,2,10H2,1H3,(H,23,24,25,26). The summed E-state index contributed by atoms with van der Waals surface area (Å²) in [4.78, 5) is 24.1. The van der Waals surface area contributed by atoms with Crippen LogP contribution in [0.1, 0.15) is 28.5 Å². The first-order valence-corrected chi connectivity index (χ1v) is 9.84. The Morgan fingerprint density at radius 2 is 1.93 bits per heavy atom. The van der Waals surface area contributed by atoms with E-state index in [0.717, 1.165) is 15.8 Å². The van der Waals surface area contributed by atoms with Crippen LogP contribution in [0.4, 0.5) is 15.3 Å². The van der Waals surface area contributed by atoms with Gasteiger partial charge in [0.15, 0.2) is 5.13 Å². The third-order valence-electron chi connectivity index (χ3n) is 4.11. The summed E-state index contributed by atoms with van der Waals surface area (Å²) in [7, 11) is 0. The molecule has 0 atom stereocenters. The Hall–Kier alpha value is -3.39. The van der Waals surface area contributed by atoms with E-state index in [-0.39, 0.29) is 5.97 Å². The van der Waals surface area contributed by atoms with Crippen molar-refractivity contribution in [3.05, 3.63) is 77.5 Å². The average molecular weight is 408 g/mol. The van der Waals surface area contributed by atoms with E-state index >= 15 is 0 Å². The van der Waals surface area contributed by atoms with E-state index in [9.17, 15) is 9.18 Å². The molecule has 0 spiro atoms. The first kappa shape index (κ1) is 18.9. The lowest BCUT2D eigenvalue weighted by atomic mass is 10.1. The van der Waals surface area contributed by atoms with Crippen molar-refractivity contribution in [1.82, 2.24) is 15.0 Å². The van der Waals surface area contributed by atoms with Gasteiger partial charge < -0.3 is 10.1 Å². The van der Waals surface area contributed by atoms with Gasteiger partial charge in [0.05, 0.1) is 28.1 Å². The molecule has 4 rings (SSSR count). The molecule has 6 nitrogen and oxygen atoms in total. The largest absolute Gasteiger partial charge is 0.462 e. The van der Waals surface area contributed by atoms with Crippen molar-refractivity contribution >= 4 is 38.5 Å². The quantitative estimate of drug-likeness (QED) is 0.367. The summed E-state index contributed by atoms with van der Waals surface area (Å²) in [6.07, 6.45) is -0.302. The number of halogens is 1. The van der Waals surface area contributed by atoms with E-state index in [4.69, 9.17) is 4.74 Å². The molecule has 0 saturated carbocycles. The van der Waals surface area contributed by atoms with E-state index in [2.05, 4.69) is 20.3 Å². The van der Waals surface area contributed by atoms with Gasteiger partial charge in [-0.15, -0.1) is 0 Å². The SMILES string of the molecule is CCOC(=O)c1ccc2nc(Nc3cc(Cc4ccccc4)nc(F)n3)sc2c1. The third-order valence-corrected chi connectivity index (χ3v) is 5.05. The summed E-state index contributed by atoms with van der Waals surface area (Å²) < 4.78 is 19.8. The molecule has 0 aliphatic carbocycles. The van der Waals surface area contributed by atoms with Crippen LogP contribution >= 0.6 is 11.3 Å². The maximum absolute atomic E-state index is 13.9. The summed E-state index contributed by atoms with van der Waals surface area (Å²) in [6, 6.07) is 16.6. The van der Waals surface area contributed by atoms with Crippen molar-refractivity contribution < 1.29 is 13.9 Å². The Kier molecular flexibility index (Phi) is 5.44. The smallest absolute Gasteiger partial charge is 0.338 e. The van der Waals surface area contributed by atoms with Crippen LogP contribution in [0.5, 0.6) is 0 Å². The number of hydrogen-bond donors (Lipinski definition) is 1. The molecular weight excluding hydrogens is 391 g/mol. The molecule has 2 aromatic heterocycles. The lowest BCUT2D eigenvalue weighted by molar-refractivity contribution is 0.0526. The Morgan fingerprint density at radius 3 is 2.72 bits per heavy atom. The van der Waals surface area contributed by atoms with E-state index in [1.807, 2.05) is 30.3 Å². The molecule has 0 unspecified atom stereocenters. The van der Waals surface area contributed by atoms with Crippen LogP contribution < -0.4 is 5.32 Å². The fourth-order valence-corrected chi connectivity index (χ4v) is 3.77. The molecular formula is C21H17FN4O2S. The molecule has 0 aliphatic rings. The minimum atomic E-state index is -0.799. The van der Waals surface area contributed by atoms with Crippen molar-refractivity contribution in [2.24, 2.45) is 0 Å². The number of nitrogens with one attached hydrogen (secondary N) is 1. The normalized spacial score (nSPS) is 10.8. The minimum absolute atomic E-state index is 0.316. The Morgan fingerprint density at radius 1 is 1.10 bits per heavy atom. The average Bonchev–Trinajstić information content (AvgIpc) is 3.09. The summed E-state index contributed by atoms with van der Waals surface area (Å²) in [5.41, 5.74) is 2.79. The highest BCUT2D eigenvalue weighted by molar-refractivity contribution is 7.22. The predicted molar refractivity (Wildman–Crippen MR) is 110 cm³/mol. The number of hydrogen-bond acceptors (Lipinski definition) is 7. The molecule has 0 radical (unpaired) electrons. The van der Waals surface area contributed by atoms with Gasteiger partial charge >= 0.3 is 12.0 Å². The van der Waals surface area contributed by atoms with Gasteiger partial charge in [-0.2, -0.15) is 9.37 Å². The first-order valence-electron chi connectivity index (χ1n) is 9.03. The summed E-state index contributed by atoms with van der Waals surface area (Å²) in [5, 5.41) is 3.58. The van der Waals surface area contributed by atoms with Gasteiger partial charge in [-0.3, -0.25) is 0 Å². The predicted octanol–water partition coefficient (Wildman–Crippen LogP) is 4.74. The monoisotopic (exact) mass is 408 g/mol. The zero-order valence-corrected chi connectivity index (χ0v) is 16.4. The van der Waals surface area contributed by atoms with Crippen molar-refractivity contribution in [3.63, 3.8) is 0 Å². The van der Waals surface area contributed by atoms with E-state index in [0.29, 0.717) is 35.2 Å². The van der Waals surface area contributed by atoms with Crippen LogP contribution in [0.2, 0.25) is 0 Å². The van der Waals surface area contributed by atoms with E-state index in [1.165, 1.54) is 11.3 Å². The van der Waals surface area contributed by atoms with Gasteiger partial charge in [0.25, 0.3) is 0 Å². The first-order chi connectivity index (χ1) is 14.1. The number of carbonyl (C=O) groups is 1. The van der Waals surface area contributed by atoms with Crippen LogP contribution in [-0.4, -0.2) is 27.5 Å². The molecule has 0 saturated heterocycles. The maximum Gasteiger partial charge on any atom is 0.338 e. The summed E-state index contributed by atoms with van der Waals surface area (Å²) in [6.45, 7) is 2.08. The van der Waals surface area contributed by atoms with Gasteiger partial charge in [-0.25, -0.2) is 14.8 Å². The Labute approximate surface area is 170 Å². The molecule has 8 heteroatoms. The summed E-state index contributed by atoms with van der Waals surface area (Å²) in [5.74, 6) is -0.0474. The lowest BCUT2D eigenvalue weighted by Crippen LogP contribution is -2.03. The molecule has 29 heavy (non-hydrogen) atoms. The van der Waals surface area contributed by atoms with Gasteiger partial charge in [0.2, 0.25) is 0 Å². The van der Waals surface area contributed by atoms with Crippen LogP contribution in [-0.2, 0) is 11.2 Å². The molecule has 0 fully saturated rings. The second-order valence-corrected chi connectivity index (χ2v) is 7.25. The Bertz CT molecular complexity index is 1160. The van der Waals surface area contributed by atoms with Gasteiger partial charge in [-0.1, -0.05) is 41.7 Å². The number of benzene rings is 2. The number of aromatic nitrogens is 3. The minimum Gasteiger partial charge on any atom is -0.462 e. The van der Waals surface area contributed by atoms with Crippen LogP contribution in [0.15, 0.2) is 54.6 Å². The van der Waals surface area contributed by atoms with Crippen LogP contribution in [0, 0.1) is 6.08 Å². The van der Waals surface area contributed by atoms with Crippen molar-refractivity contribution in [3.8, 4) is 0 Å². The zero-order valence-electron chi connectivity index (χ0n) is 15.6. The molecule has 0 amide bonds. The number of carbonyl (C=O) groups excluding carboxylic acids is 1. The van der Waals surface area contributed by atoms with E-state index in [1.54, 1.807) is 31.2 Å². The molecule has 2 heterocycles. The van der Waals surface area contributed by atoms with Gasteiger partial charge in [0.1, 0.15) is 5.82 Å². The topological polar surface area (TPSA) is 77.0 Å². The third kappa shape index (κ3) is 4.55. The van der Waals surface area contributed by atoms with Crippen molar-refractivity contribution in [2.45, 2.75) is 13.3 Å². The fraction of sp³-hybridized carbons (Fsp3) is 0.143. The van der Waals surface area contributed by atoms with Crippen LogP contribution in [0.25, 0.3) is 10.2 Å². The number of nitrogens with zero attached hydrogens (tertiary/aromatic N) is 3.